The number of aromatic nitrogens is 2. The monoisotopic (exact) mass is 390 g/mol. The third-order valence-electron chi connectivity index (χ3n) is 2.05. The van der Waals surface area contributed by atoms with Crippen molar-refractivity contribution in [2.24, 2.45) is 5.73 Å². The number of rotatable bonds is 2. The second-order valence-corrected chi connectivity index (χ2v) is 5.34. The molecule has 2 aromatic rings. The first-order valence-corrected chi connectivity index (χ1v) is 6.29. The minimum Gasteiger partial charge on any atom is -0.384 e. The second kappa shape index (κ2) is 4.54. The molecule has 4 nitrogen and oxygen atoms in total. The zero-order valence-electron chi connectivity index (χ0n) is 8.11. The topological polar surface area (TPSA) is 67.7 Å². The zero-order chi connectivity index (χ0) is 11.7. The Morgan fingerprint density at radius 3 is 2.81 bits per heavy atom. The lowest BCUT2D eigenvalue weighted by Gasteiger charge is -2.08. The van der Waals surface area contributed by atoms with Crippen LogP contribution in [-0.4, -0.2) is 15.6 Å². The van der Waals surface area contributed by atoms with Crippen molar-refractivity contribution in [1.29, 1.82) is 5.41 Å². The smallest absolute Gasteiger partial charge is 0.124 e. The first-order valence-electron chi connectivity index (χ1n) is 4.42. The van der Waals surface area contributed by atoms with E-state index >= 15 is 0 Å². The highest BCUT2D eigenvalue weighted by molar-refractivity contribution is 14.1. The Hall–Kier alpha value is -0.890. The Morgan fingerprint density at radius 2 is 2.25 bits per heavy atom. The van der Waals surface area contributed by atoms with Gasteiger partial charge in [0.2, 0.25) is 0 Å². The molecule has 0 amide bonds. The molecule has 0 bridgehead atoms. The highest BCUT2D eigenvalue weighted by atomic mass is 127. The van der Waals surface area contributed by atoms with E-state index in [0.29, 0.717) is 5.56 Å². The molecule has 0 spiro atoms. The van der Waals surface area contributed by atoms with Crippen LogP contribution >= 0.6 is 38.5 Å². The van der Waals surface area contributed by atoms with Crippen molar-refractivity contribution in [3.8, 4) is 5.69 Å². The Labute approximate surface area is 115 Å². The Balaban J connectivity index is 2.62. The Morgan fingerprint density at radius 1 is 1.50 bits per heavy atom. The summed E-state index contributed by atoms with van der Waals surface area (Å²) in [5.74, 6) is 0.0352. The van der Waals surface area contributed by atoms with Crippen LogP contribution in [0.5, 0.6) is 0 Å². The molecule has 0 saturated carbocycles. The third-order valence-corrected chi connectivity index (χ3v) is 3.10. The van der Waals surface area contributed by atoms with Crippen molar-refractivity contribution in [3.63, 3.8) is 0 Å². The molecule has 16 heavy (non-hydrogen) atoms. The normalized spacial score (nSPS) is 10.4. The molecule has 0 saturated heterocycles. The van der Waals surface area contributed by atoms with Crippen LogP contribution in [-0.2, 0) is 0 Å². The van der Waals surface area contributed by atoms with Gasteiger partial charge in [-0.05, 0) is 40.8 Å². The summed E-state index contributed by atoms with van der Waals surface area (Å²) in [6, 6.07) is 5.55. The molecule has 0 atom stereocenters. The van der Waals surface area contributed by atoms with Gasteiger partial charge in [0.05, 0.1) is 15.5 Å². The van der Waals surface area contributed by atoms with E-state index in [9.17, 15) is 0 Å². The summed E-state index contributed by atoms with van der Waals surface area (Å²) in [5, 5.41) is 11.7. The van der Waals surface area contributed by atoms with Crippen molar-refractivity contribution in [3.05, 3.63) is 44.2 Å². The van der Waals surface area contributed by atoms with Gasteiger partial charge in [-0.25, -0.2) is 4.68 Å². The van der Waals surface area contributed by atoms with Gasteiger partial charge in [-0.15, -0.1) is 0 Å². The third kappa shape index (κ3) is 2.27. The number of halogens is 2. The first-order chi connectivity index (χ1) is 7.58. The predicted octanol–water partition coefficient (Wildman–Crippen LogP) is 2.52. The summed E-state index contributed by atoms with van der Waals surface area (Å²) in [6.07, 6.45) is 3.64. The van der Waals surface area contributed by atoms with E-state index in [2.05, 4.69) is 43.6 Å². The van der Waals surface area contributed by atoms with Crippen molar-refractivity contribution in [2.75, 3.05) is 0 Å². The lowest BCUT2D eigenvalue weighted by Crippen LogP contribution is -2.14. The SMILES string of the molecule is N=C(N)c1ccc(Br)cc1-n1cc(I)cn1. The standard InChI is InChI=1S/C10H8BrIN4/c11-6-1-2-8(10(13)14)9(3-6)16-5-7(12)4-15-16/h1-5H,(H3,13,14). The van der Waals surface area contributed by atoms with Crippen LogP contribution in [0.3, 0.4) is 0 Å². The van der Waals surface area contributed by atoms with Crippen molar-refractivity contribution in [1.82, 2.24) is 9.78 Å². The molecule has 0 aliphatic carbocycles. The van der Waals surface area contributed by atoms with Gasteiger partial charge in [-0.3, -0.25) is 5.41 Å². The quantitative estimate of drug-likeness (QED) is 0.470. The average Bonchev–Trinajstić information content (AvgIpc) is 2.64. The van der Waals surface area contributed by atoms with Gasteiger partial charge in [0.1, 0.15) is 5.84 Å². The molecule has 0 fully saturated rings. The summed E-state index contributed by atoms with van der Waals surface area (Å²) < 4.78 is 3.67. The minimum absolute atomic E-state index is 0.0352. The Kier molecular flexibility index (Phi) is 3.29. The van der Waals surface area contributed by atoms with E-state index in [-0.39, 0.29) is 5.84 Å². The highest BCUT2D eigenvalue weighted by Crippen LogP contribution is 2.20. The molecule has 6 heteroatoms. The molecular formula is C10H8BrIN4. The summed E-state index contributed by atoms with van der Waals surface area (Å²) in [6.45, 7) is 0. The maximum atomic E-state index is 7.52. The molecule has 0 unspecified atom stereocenters. The molecule has 2 rings (SSSR count). The summed E-state index contributed by atoms with van der Waals surface area (Å²) >= 11 is 5.58. The van der Waals surface area contributed by atoms with Crippen LogP contribution in [0.2, 0.25) is 0 Å². The Bertz CT molecular complexity index is 550. The van der Waals surface area contributed by atoms with E-state index in [1.54, 1.807) is 16.9 Å². The van der Waals surface area contributed by atoms with E-state index in [1.165, 1.54) is 0 Å². The largest absolute Gasteiger partial charge is 0.384 e. The number of hydrogen-bond acceptors (Lipinski definition) is 2. The van der Waals surface area contributed by atoms with Crippen LogP contribution in [0.25, 0.3) is 5.69 Å². The number of hydrogen-bond donors (Lipinski definition) is 2. The molecular weight excluding hydrogens is 383 g/mol. The lowest BCUT2D eigenvalue weighted by atomic mass is 10.1. The van der Waals surface area contributed by atoms with Crippen LogP contribution in [0.15, 0.2) is 35.1 Å². The molecule has 1 heterocycles. The highest BCUT2D eigenvalue weighted by Gasteiger charge is 2.09. The first kappa shape index (κ1) is 11.6. The fraction of sp³-hybridized carbons (Fsp3) is 0. The minimum atomic E-state index is 0.0352. The molecule has 1 aromatic carbocycles. The number of nitrogens with one attached hydrogen (secondary N) is 1. The van der Waals surface area contributed by atoms with Gasteiger partial charge in [-0.2, -0.15) is 5.10 Å². The van der Waals surface area contributed by atoms with Crippen molar-refractivity contribution < 1.29 is 0 Å². The van der Waals surface area contributed by atoms with Crippen LogP contribution < -0.4 is 5.73 Å². The molecule has 3 N–H and O–H groups in total. The van der Waals surface area contributed by atoms with Crippen molar-refractivity contribution >= 4 is 44.4 Å². The molecule has 1 aromatic heterocycles. The van der Waals surface area contributed by atoms with Gasteiger partial charge in [-0.1, -0.05) is 15.9 Å². The summed E-state index contributed by atoms with van der Waals surface area (Å²) in [5.41, 5.74) is 7.00. The second-order valence-electron chi connectivity index (χ2n) is 3.18. The van der Waals surface area contributed by atoms with Gasteiger partial charge in [0, 0.05) is 16.2 Å². The number of nitrogen functional groups attached to an aromatic ring is 1. The molecule has 82 valence electrons. The molecule has 0 aliphatic rings. The van der Waals surface area contributed by atoms with Gasteiger partial charge >= 0.3 is 0 Å². The van der Waals surface area contributed by atoms with E-state index < -0.39 is 0 Å². The number of nitrogens with zero attached hydrogens (tertiary/aromatic N) is 2. The number of amidine groups is 1. The maximum Gasteiger partial charge on any atom is 0.124 e. The lowest BCUT2D eigenvalue weighted by molar-refractivity contribution is 0.877. The van der Waals surface area contributed by atoms with E-state index in [1.807, 2.05) is 18.3 Å². The van der Waals surface area contributed by atoms with Crippen LogP contribution in [0.1, 0.15) is 5.56 Å². The van der Waals surface area contributed by atoms with Gasteiger partial charge in [0.15, 0.2) is 0 Å². The predicted molar refractivity (Wildman–Crippen MR) is 75.0 cm³/mol. The number of nitrogens with two attached hydrogens (primary N) is 1. The summed E-state index contributed by atoms with van der Waals surface area (Å²) in [7, 11) is 0. The average molecular weight is 391 g/mol. The van der Waals surface area contributed by atoms with Crippen molar-refractivity contribution in [2.45, 2.75) is 0 Å². The number of benzene rings is 1. The zero-order valence-corrected chi connectivity index (χ0v) is 11.9. The summed E-state index contributed by atoms with van der Waals surface area (Å²) in [4.78, 5) is 0. The van der Waals surface area contributed by atoms with Crippen LogP contribution in [0, 0.1) is 8.98 Å². The van der Waals surface area contributed by atoms with Gasteiger partial charge in [0.25, 0.3) is 0 Å². The fourth-order valence-electron chi connectivity index (χ4n) is 1.35. The van der Waals surface area contributed by atoms with E-state index in [0.717, 1.165) is 13.7 Å². The maximum absolute atomic E-state index is 7.52. The molecule has 0 aliphatic heterocycles. The molecule has 0 radical (unpaired) electrons. The van der Waals surface area contributed by atoms with Gasteiger partial charge < -0.3 is 5.73 Å². The van der Waals surface area contributed by atoms with Crippen LogP contribution in [0.4, 0.5) is 0 Å². The van der Waals surface area contributed by atoms with E-state index in [4.69, 9.17) is 11.1 Å². The fourth-order valence-corrected chi connectivity index (χ4v) is 2.09.